The highest BCUT2D eigenvalue weighted by Gasteiger charge is 2.00. The molecule has 1 rings (SSSR count). The van der Waals surface area contributed by atoms with Gasteiger partial charge in [0.05, 0.1) is 6.61 Å². The number of hydrogen-bond acceptors (Lipinski definition) is 2. The molecule has 13 heavy (non-hydrogen) atoms. The van der Waals surface area contributed by atoms with Gasteiger partial charge in [0.1, 0.15) is 13.7 Å². The van der Waals surface area contributed by atoms with E-state index in [1.807, 2.05) is 0 Å². The van der Waals surface area contributed by atoms with Crippen molar-refractivity contribution in [2.75, 3.05) is 14.1 Å². The highest BCUT2D eigenvalue weighted by Crippen LogP contribution is 2.02. The lowest BCUT2D eigenvalue weighted by Gasteiger charge is -2.12. The molecule has 4 heteroatoms. The molecule has 0 aliphatic carbocycles. The molecule has 1 aromatic carbocycles. The summed E-state index contributed by atoms with van der Waals surface area (Å²) in [6.07, 6.45) is 0. The first-order valence-corrected chi connectivity index (χ1v) is 3.93. The van der Waals surface area contributed by atoms with Gasteiger partial charge < -0.3 is 0 Å². The molecule has 68 valence electrons. The third-order valence-electron chi connectivity index (χ3n) is 1.58. The Kier molecular flexibility index (Phi) is 3.45. The first-order valence-electron chi connectivity index (χ1n) is 3.93. The Morgan fingerprint density at radius 3 is 2.77 bits per heavy atom. The predicted octanol–water partition coefficient (Wildman–Crippen LogP) is 0.613. The molecular weight excluding hydrogens is 168 g/mol. The maximum atomic E-state index is 12.7. The van der Waals surface area contributed by atoms with E-state index < -0.39 is 0 Å². The summed E-state index contributed by atoms with van der Waals surface area (Å²) in [6.45, 7) is 0.288. The zero-order valence-corrected chi connectivity index (χ0v) is 7.75. The molecule has 0 unspecified atom stereocenters. The number of hydrogen-bond donors (Lipinski definition) is 0. The second-order valence-electron chi connectivity index (χ2n) is 2.93. The minimum Gasteiger partial charge on any atom is -0.295 e. The van der Waals surface area contributed by atoms with E-state index in [9.17, 15) is 4.39 Å². The molecule has 0 heterocycles. The van der Waals surface area contributed by atoms with Crippen molar-refractivity contribution in [1.82, 2.24) is 5.06 Å². The number of benzene rings is 1. The molecule has 2 nitrogen and oxygen atoms in total. The second kappa shape index (κ2) is 4.39. The van der Waals surface area contributed by atoms with Crippen molar-refractivity contribution >= 4 is 13.3 Å². The monoisotopic (exact) mass is 179 g/mol. The topological polar surface area (TPSA) is 12.5 Å². The van der Waals surface area contributed by atoms with Crippen LogP contribution in [0, 0.1) is 5.82 Å². The highest BCUT2D eigenvalue weighted by atomic mass is 19.1. The summed E-state index contributed by atoms with van der Waals surface area (Å²) < 4.78 is 12.7. The van der Waals surface area contributed by atoms with Gasteiger partial charge in [-0.05, 0) is 17.7 Å². The van der Waals surface area contributed by atoms with E-state index in [-0.39, 0.29) is 12.4 Å². The van der Waals surface area contributed by atoms with Gasteiger partial charge in [0, 0.05) is 14.1 Å². The molecule has 0 bridgehead atoms. The fourth-order valence-corrected chi connectivity index (χ4v) is 0.898. The zero-order valence-electron chi connectivity index (χ0n) is 7.75. The van der Waals surface area contributed by atoms with Crippen LogP contribution in [0.4, 0.5) is 4.39 Å². The van der Waals surface area contributed by atoms with Gasteiger partial charge in [-0.2, -0.15) is 5.06 Å². The number of halogens is 1. The lowest BCUT2D eigenvalue weighted by Crippen LogP contribution is -2.17. The Morgan fingerprint density at radius 2 is 2.15 bits per heavy atom. The highest BCUT2D eigenvalue weighted by molar-refractivity contribution is 6.33. The molecule has 0 saturated carbocycles. The zero-order chi connectivity index (χ0) is 9.84. The molecule has 0 atom stereocenters. The van der Waals surface area contributed by atoms with Crippen LogP contribution in [-0.2, 0) is 11.4 Å². The molecule has 2 radical (unpaired) electrons. The minimum absolute atomic E-state index is 0.288. The third-order valence-corrected chi connectivity index (χ3v) is 1.58. The normalized spacial score (nSPS) is 10.8. The summed E-state index contributed by atoms with van der Waals surface area (Å²) in [5.41, 5.74) is 1.21. The molecule has 0 aliphatic heterocycles. The van der Waals surface area contributed by atoms with Crippen LogP contribution in [0.1, 0.15) is 5.56 Å². The van der Waals surface area contributed by atoms with Gasteiger partial charge in [0.2, 0.25) is 0 Å². The maximum absolute atomic E-state index is 12.7. The van der Waals surface area contributed by atoms with E-state index in [1.165, 1.54) is 18.2 Å². The van der Waals surface area contributed by atoms with E-state index in [1.54, 1.807) is 19.2 Å². The van der Waals surface area contributed by atoms with Gasteiger partial charge in [-0.15, -0.1) is 0 Å². The summed E-state index contributed by atoms with van der Waals surface area (Å²) in [5, 5.41) is 1.55. The Labute approximate surface area is 78.7 Å². The van der Waals surface area contributed by atoms with Crippen LogP contribution in [0.2, 0.25) is 0 Å². The molecule has 0 spiro atoms. The van der Waals surface area contributed by atoms with Crippen LogP contribution in [-0.4, -0.2) is 27.0 Å². The van der Waals surface area contributed by atoms with E-state index in [0.29, 0.717) is 11.0 Å². The molecule has 0 aromatic heterocycles. The molecule has 0 amide bonds. The Bertz CT molecular complexity index is 291. The van der Waals surface area contributed by atoms with Crippen LogP contribution in [0.3, 0.4) is 0 Å². The average Bonchev–Trinajstić information content (AvgIpc) is 2.06. The van der Waals surface area contributed by atoms with Crippen LogP contribution >= 0.6 is 0 Å². The van der Waals surface area contributed by atoms with Crippen molar-refractivity contribution < 1.29 is 9.23 Å². The second-order valence-corrected chi connectivity index (χ2v) is 2.93. The van der Waals surface area contributed by atoms with Crippen LogP contribution in [0.25, 0.3) is 0 Å². The SMILES string of the molecule is [B]c1ccc(F)cc1CON(C)C. The molecule has 0 N–H and O–H groups in total. The predicted molar refractivity (Wildman–Crippen MR) is 50.3 cm³/mol. The van der Waals surface area contributed by atoms with E-state index in [2.05, 4.69) is 0 Å². The van der Waals surface area contributed by atoms with Gasteiger partial charge in [-0.1, -0.05) is 11.5 Å². The molecule has 1 aromatic rings. The van der Waals surface area contributed by atoms with Crippen molar-refractivity contribution in [1.29, 1.82) is 0 Å². The molecule has 0 aliphatic rings. The largest absolute Gasteiger partial charge is 0.295 e. The van der Waals surface area contributed by atoms with Gasteiger partial charge in [0.15, 0.2) is 0 Å². The van der Waals surface area contributed by atoms with E-state index >= 15 is 0 Å². The summed E-state index contributed by atoms with van der Waals surface area (Å²) >= 11 is 0. The van der Waals surface area contributed by atoms with Gasteiger partial charge in [0.25, 0.3) is 0 Å². The molecule has 0 saturated heterocycles. The summed E-state index contributed by atoms with van der Waals surface area (Å²) in [4.78, 5) is 5.15. The summed E-state index contributed by atoms with van der Waals surface area (Å²) in [6, 6.07) is 4.23. The molecule has 0 fully saturated rings. The Balaban J connectivity index is 2.70. The molecular formula is C9H11BFNO. The Hall–Kier alpha value is -0.865. The summed E-state index contributed by atoms with van der Waals surface area (Å²) in [5.74, 6) is -0.299. The quantitative estimate of drug-likeness (QED) is 0.498. The Morgan fingerprint density at radius 1 is 1.46 bits per heavy atom. The lowest BCUT2D eigenvalue weighted by molar-refractivity contribution is -0.130. The fourth-order valence-electron chi connectivity index (χ4n) is 0.898. The number of hydroxylamine groups is 2. The summed E-state index contributed by atoms with van der Waals surface area (Å²) in [7, 11) is 9.13. The van der Waals surface area contributed by atoms with Crippen molar-refractivity contribution in [2.24, 2.45) is 0 Å². The lowest BCUT2D eigenvalue weighted by atomic mass is 9.91. The smallest absolute Gasteiger partial charge is 0.123 e. The van der Waals surface area contributed by atoms with Gasteiger partial charge in [-0.25, -0.2) is 4.39 Å². The van der Waals surface area contributed by atoms with Crippen molar-refractivity contribution in [3.05, 3.63) is 29.6 Å². The van der Waals surface area contributed by atoms with Crippen molar-refractivity contribution in [3.8, 4) is 0 Å². The van der Waals surface area contributed by atoms with Gasteiger partial charge >= 0.3 is 0 Å². The average molecular weight is 179 g/mol. The third kappa shape index (κ3) is 3.16. The van der Waals surface area contributed by atoms with Crippen LogP contribution < -0.4 is 5.46 Å². The minimum atomic E-state index is -0.299. The number of rotatable bonds is 3. The first-order chi connectivity index (χ1) is 6.09. The van der Waals surface area contributed by atoms with Crippen LogP contribution in [0.5, 0.6) is 0 Å². The van der Waals surface area contributed by atoms with Crippen molar-refractivity contribution in [3.63, 3.8) is 0 Å². The van der Waals surface area contributed by atoms with E-state index in [4.69, 9.17) is 12.7 Å². The van der Waals surface area contributed by atoms with Crippen LogP contribution in [0.15, 0.2) is 18.2 Å². The maximum Gasteiger partial charge on any atom is 0.123 e. The number of nitrogens with zero attached hydrogens (tertiary/aromatic N) is 1. The van der Waals surface area contributed by atoms with Gasteiger partial charge in [-0.3, -0.25) is 4.84 Å². The van der Waals surface area contributed by atoms with E-state index in [0.717, 1.165) is 0 Å². The fraction of sp³-hybridized carbons (Fsp3) is 0.333. The van der Waals surface area contributed by atoms with Crippen molar-refractivity contribution in [2.45, 2.75) is 6.61 Å². The first kappa shape index (κ1) is 10.2. The standard InChI is InChI=1S/C9H11BFNO/c1-12(2)13-6-7-5-8(11)3-4-9(7)10/h3-5H,6H2,1-2H3.